The summed E-state index contributed by atoms with van der Waals surface area (Å²) in [5.41, 5.74) is 3.57. The summed E-state index contributed by atoms with van der Waals surface area (Å²) in [6.45, 7) is 3.43. The summed E-state index contributed by atoms with van der Waals surface area (Å²) in [4.78, 5) is 2.58. The minimum atomic E-state index is 0. The normalized spacial score (nSPS) is 22.3. The number of hydrogen-bond acceptors (Lipinski definition) is 6. The Kier molecular flexibility index (Phi) is 9.34. The lowest BCUT2D eigenvalue weighted by Gasteiger charge is -2.42. The quantitative estimate of drug-likeness (QED) is 0.585. The van der Waals surface area contributed by atoms with Crippen LogP contribution in [0.1, 0.15) is 41.9 Å². The Balaban J connectivity index is 0.00000324. The van der Waals surface area contributed by atoms with Crippen LogP contribution in [0.15, 0.2) is 30.3 Å². The van der Waals surface area contributed by atoms with Crippen molar-refractivity contribution < 1.29 is 24.1 Å². The molecule has 0 amide bonds. The Hall–Kier alpha value is -2.15. The van der Waals surface area contributed by atoms with Gasteiger partial charge in [-0.2, -0.15) is 0 Å². The van der Waals surface area contributed by atoms with Crippen LogP contribution in [-0.2, 0) is 6.42 Å². The fourth-order valence-electron chi connectivity index (χ4n) is 5.74. The van der Waals surface area contributed by atoms with Crippen molar-refractivity contribution in [1.29, 1.82) is 0 Å². The maximum absolute atomic E-state index is 10.7. The molecule has 0 saturated carbocycles. The maximum atomic E-state index is 10.7. The summed E-state index contributed by atoms with van der Waals surface area (Å²) >= 11 is 0. The van der Waals surface area contributed by atoms with Gasteiger partial charge in [0.15, 0.2) is 23.0 Å². The van der Waals surface area contributed by atoms with E-state index in [1.165, 1.54) is 30.4 Å². The van der Waals surface area contributed by atoms with Gasteiger partial charge < -0.3 is 29.0 Å². The summed E-state index contributed by atoms with van der Waals surface area (Å²) < 4.78 is 22.4. The molecule has 1 heterocycles. The lowest BCUT2D eigenvalue weighted by atomic mass is 9.66. The number of nitrogens with zero attached hydrogens (tertiary/aromatic N) is 1. The molecule has 188 valence electrons. The minimum Gasteiger partial charge on any atom is -0.493 e. The van der Waals surface area contributed by atoms with Gasteiger partial charge in [-0.1, -0.05) is 12.5 Å². The number of hydrogen-bond donors (Lipinski definition) is 1. The van der Waals surface area contributed by atoms with E-state index < -0.39 is 0 Å². The Morgan fingerprint density at radius 1 is 0.824 bits per heavy atom. The van der Waals surface area contributed by atoms with E-state index in [0.717, 1.165) is 37.4 Å². The zero-order valence-corrected chi connectivity index (χ0v) is 21.5. The highest BCUT2D eigenvalue weighted by Gasteiger charge is 2.39. The van der Waals surface area contributed by atoms with Crippen LogP contribution in [0.3, 0.4) is 0 Å². The van der Waals surface area contributed by atoms with Crippen LogP contribution in [0.2, 0.25) is 0 Å². The molecule has 6 nitrogen and oxygen atoms in total. The number of aliphatic hydroxyl groups is 1. The number of piperidine rings is 1. The van der Waals surface area contributed by atoms with Crippen LogP contribution in [0.25, 0.3) is 0 Å². The van der Waals surface area contributed by atoms with Gasteiger partial charge in [0.2, 0.25) is 0 Å². The first kappa shape index (κ1) is 26.5. The highest BCUT2D eigenvalue weighted by Crippen LogP contribution is 2.48. The number of halogens is 1. The molecular weight excluding hydrogens is 454 g/mol. The molecule has 7 heteroatoms. The topological polar surface area (TPSA) is 60.4 Å². The molecule has 0 radical (unpaired) electrons. The Bertz CT molecular complexity index is 947. The van der Waals surface area contributed by atoms with E-state index in [0.29, 0.717) is 23.2 Å². The predicted molar refractivity (Wildman–Crippen MR) is 136 cm³/mol. The predicted octanol–water partition coefficient (Wildman–Crippen LogP) is 4.54. The smallest absolute Gasteiger partial charge is 0.161 e. The van der Waals surface area contributed by atoms with E-state index in [1.54, 1.807) is 28.4 Å². The third-order valence-corrected chi connectivity index (χ3v) is 7.42. The molecule has 0 bridgehead atoms. The van der Waals surface area contributed by atoms with E-state index in [1.807, 2.05) is 6.07 Å². The second-order valence-electron chi connectivity index (χ2n) is 9.17. The standard InChI is InChI=1S/C27H37NO5.ClH/c1-30-23-9-8-18(13-24(23)31-2)27-21-15-26(33-4)25(32-3)14-19(21)12-20(22(27)17-29)16-28-10-6-5-7-11-28;/h8-9,13-15,20,22,27,29H,5-7,10-12,16-17H2,1-4H3;1H. The van der Waals surface area contributed by atoms with Crippen LogP contribution in [0.5, 0.6) is 23.0 Å². The number of aliphatic hydroxyl groups excluding tert-OH is 1. The number of fused-ring (bicyclic) bond motifs is 1. The largest absolute Gasteiger partial charge is 0.493 e. The molecule has 34 heavy (non-hydrogen) atoms. The lowest BCUT2D eigenvalue weighted by molar-refractivity contribution is 0.105. The van der Waals surface area contributed by atoms with Crippen molar-refractivity contribution in [3.8, 4) is 23.0 Å². The number of likely N-dealkylation sites (tertiary alicyclic amines) is 1. The van der Waals surface area contributed by atoms with Gasteiger partial charge in [0.1, 0.15) is 0 Å². The van der Waals surface area contributed by atoms with E-state index in [2.05, 4.69) is 29.2 Å². The zero-order valence-electron chi connectivity index (χ0n) is 20.7. The molecule has 1 saturated heterocycles. The molecule has 2 aromatic carbocycles. The Labute approximate surface area is 209 Å². The van der Waals surface area contributed by atoms with Crippen LogP contribution in [-0.4, -0.2) is 64.7 Å². The molecule has 2 aliphatic rings. The molecule has 0 spiro atoms. The summed E-state index contributed by atoms with van der Waals surface area (Å²) in [5.74, 6) is 3.33. The summed E-state index contributed by atoms with van der Waals surface area (Å²) in [6, 6.07) is 10.3. The number of ether oxygens (including phenoxy) is 4. The molecule has 1 aliphatic carbocycles. The highest BCUT2D eigenvalue weighted by molar-refractivity contribution is 5.85. The van der Waals surface area contributed by atoms with Gasteiger partial charge >= 0.3 is 0 Å². The second kappa shape index (κ2) is 12.0. The van der Waals surface area contributed by atoms with E-state index in [9.17, 15) is 5.11 Å². The van der Waals surface area contributed by atoms with Crippen LogP contribution in [0.4, 0.5) is 0 Å². The maximum Gasteiger partial charge on any atom is 0.161 e. The van der Waals surface area contributed by atoms with Crippen LogP contribution >= 0.6 is 12.4 Å². The first-order chi connectivity index (χ1) is 16.1. The minimum absolute atomic E-state index is 0. The third-order valence-electron chi connectivity index (χ3n) is 7.42. The van der Waals surface area contributed by atoms with Gasteiger partial charge in [-0.15, -0.1) is 12.4 Å². The number of rotatable bonds is 8. The fraction of sp³-hybridized carbons (Fsp3) is 0.556. The first-order valence-corrected chi connectivity index (χ1v) is 11.9. The van der Waals surface area contributed by atoms with Gasteiger partial charge in [-0.3, -0.25) is 0 Å². The Morgan fingerprint density at radius 3 is 2.06 bits per heavy atom. The molecule has 0 aromatic heterocycles. The molecule has 1 fully saturated rings. The van der Waals surface area contributed by atoms with E-state index >= 15 is 0 Å². The summed E-state index contributed by atoms with van der Waals surface area (Å²) in [5, 5.41) is 10.7. The van der Waals surface area contributed by atoms with Crippen molar-refractivity contribution in [3.05, 3.63) is 47.0 Å². The van der Waals surface area contributed by atoms with Crippen molar-refractivity contribution in [2.75, 3.05) is 54.7 Å². The highest BCUT2D eigenvalue weighted by atomic mass is 35.5. The number of benzene rings is 2. The molecule has 4 rings (SSSR count). The van der Waals surface area contributed by atoms with E-state index in [4.69, 9.17) is 18.9 Å². The Morgan fingerprint density at radius 2 is 1.44 bits per heavy atom. The van der Waals surface area contributed by atoms with Gasteiger partial charge in [0.05, 0.1) is 28.4 Å². The van der Waals surface area contributed by atoms with Crippen molar-refractivity contribution in [1.82, 2.24) is 4.90 Å². The van der Waals surface area contributed by atoms with Crippen molar-refractivity contribution in [2.45, 2.75) is 31.6 Å². The fourth-order valence-corrected chi connectivity index (χ4v) is 5.74. The second-order valence-corrected chi connectivity index (χ2v) is 9.17. The zero-order chi connectivity index (χ0) is 23.4. The summed E-state index contributed by atoms with van der Waals surface area (Å²) in [7, 11) is 6.66. The number of methoxy groups -OCH3 is 4. The molecule has 1 aliphatic heterocycles. The molecule has 1 N–H and O–H groups in total. The lowest BCUT2D eigenvalue weighted by Crippen LogP contribution is -2.42. The van der Waals surface area contributed by atoms with Crippen molar-refractivity contribution in [2.24, 2.45) is 11.8 Å². The van der Waals surface area contributed by atoms with Gasteiger partial charge in [0.25, 0.3) is 0 Å². The monoisotopic (exact) mass is 491 g/mol. The molecule has 3 atom stereocenters. The van der Waals surface area contributed by atoms with Gasteiger partial charge in [-0.25, -0.2) is 0 Å². The van der Waals surface area contributed by atoms with Crippen molar-refractivity contribution in [3.63, 3.8) is 0 Å². The molecular formula is C27H38ClNO5. The average molecular weight is 492 g/mol. The third kappa shape index (κ3) is 5.24. The van der Waals surface area contributed by atoms with Crippen LogP contribution < -0.4 is 18.9 Å². The average Bonchev–Trinajstić information content (AvgIpc) is 2.87. The van der Waals surface area contributed by atoms with E-state index in [-0.39, 0.29) is 30.8 Å². The first-order valence-electron chi connectivity index (χ1n) is 11.9. The van der Waals surface area contributed by atoms with Crippen LogP contribution in [0, 0.1) is 11.8 Å². The molecule has 2 aromatic rings. The SMILES string of the molecule is COc1ccc(C2c3cc(OC)c(OC)cc3CC(CN3CCCCC3)C2CO)cc1OC.Cl. The van der Waals surface area contributed by atoms with Gasteiger partial charge in [0, 0.05) is 19.1 Å². The molecule has 3 unspecified atom stereocenters. The van der Waals surface area contributed by atoms with Crippen molar-refractivity contribution >= 4 is 12.4 Å². The summed E-state index contributed by atoms with van der Waals surface area (Å²) in [6.07, 6.45) is 4.76. The van der Waals surface area contributed by atoms with Gasteiger partial charge in [-0.05, 0) is 85.1 Å².